The smallest absolute Gasteiger partial charge is 0.255 e. The van der Waals surface area contributed by atoms with Crippen molar-refractivity contribution in [3.63, 3.8) is 0 Å². The minimum Gasteiger partial charge on any atom is -0.466 e. The highest BCUT2D eigenvalue weighted by molar-refractivity contribution is 5.95. The summed E-state index contributed by atoms with van der Waals surface area (Å²) >= 11 is 0. The number of carbonyl (C=O) groups excluding carboxylic acids is 2. The van der Waals surface area contributed by atoms with Gasteiger partial charge in [-0.25, -0.2) is 0 Å². The average Bonchev–Trinajstić information content (AvgIpc) is 2.92. The Morgan fingerprint density at radius 3 is 2.50 bits per heavy atom. The van der Waals surface area contributed by atoms with Crippen LogP contribution in [0.15, 0.2) is 10.5 Å². The van der Waals surface area contributed by atoms with Gasteiger partial charge in [0, 0.05) is 19.1 Å². The molecular formula is C18H29N3O3. The number of amides is 2. The molecule has 3 N–H and O–H groups in total. The molecule has 6 heteroatoms. The van der Waals surface area contributed by atoms with E-state index >= 15 is 0 Å². The van der Waals surface area contributed by atoms with E-state index in [1.54, 1.807) is 13.0 Å². The SMILES string of the molecule is CCC(C)C(N)C(=O)N1CCC(NC(=O)c2cc(C)oc2C)CC1. The quantitative estimate of drug-likeness (QED) is 0.861. The van der Waals surface area contributed by atoms with Crippen molar-refractivity contribution in [2.75, 3.05) is 13.1 Å². The van der Waals surface area contributed by atoms with E-state index in [1.165, 1.54) is 0 Å². The summed E-state index contributed by atoms with van der Waals surface area (Å²) in [5.74, 6) is 1.47. The number of rotatable bonds is 5. The predicted octanol–water partition coefficient (Wildman–Crippen LogP) is 1.99. The summed E-state index contributed by atoms with van der Waals surface area (Å²) in [6.07, 6.45) is 2.39. The zero-order valence-corrected chi connectivity index (χ0v) is 15.1. The van der Waals surface area contributed by atoms with Crippen LogP contribution in [-0.2, 0) is 4.79 Å². The van der Waals surface area contributed by atoms with Gasteiger partial charge in [0.1, 0.15) is 11.5 Å². The number of carbonyl (C=O) groups is 2. The first-order valence-electron chi connectivity index (χ1n) is 8.75. The molecule has 1 saturated heterocycles. The van der Waals surface area contributed by atoms with Crippen molar-refractivity contribution in [2.45, 2.75) is 59.0 Å². The molecule has 2 unspecified atom stereocenters. The highest BCUT2D eigenvalue weighted by Crippen LogP contribution is 2.17. The van der Waals surface area contributed by atoms with E-state index in [0.717, 1.165) is 25.0 Å². The van der Waals surface area contributed by atoms with E-state index in [9.17, 15) is 9.59 Å². The maximum Gasteiger partial charge on any atom is 0.255 e. The number of nitrogens with two attached hydrogens (primary N) is 1. The molecule has 2 heterocycles. The second kappa shape index (κ2) is 7.83. The summed E-state index contributed by atoms with van der Waals surface area (Å²) in [5, 5.41) is 3.04. The molecule has 1 fully saturated rings. The Morgan fingerprint density at radius 2 is 2.00 bits per heavy atom. The summed E-state index contributed by atoms with van der Waals surface area (Å²) in [6, 6.07) is 1.41. The maximum atomic E-state index is 12.4. The van der Waals surface area contributed by atoms with Crippen molar-refractivity contribution in [1.29, 1.82) is 0 Å². The number of piperidine rings is 1. The minimum absolute atomic E-state index is 0.0235. The summed E-state index contributed by atoms with van der Waals surface area (Å²) in [5.41, 5.74) is 6.63. The highest BCUT2D eigenvalue weighted by Gasteiger charge is 2.29. The number of nitrogens with one attached hydrogen (secondary N) is 1. The van der Waals surface area contributed by atoms with Crippen LogP contribution >= 0.6 is 0 Å². The van der Waals surface area contributed by atoms with Gasteiger partial charge in [0.2, 0.25) is 5.91 Å². The van der Waals surface area contributed by atoms with Crippen LogP contribution in [-0.4, -0.2) is 41.9 Å². The van der Waals surface area contributed by atoms with Crippen molar-refractivity contribution in [2.24, 2.45) is 11.7 Å². The zero-order valence-electron chi connectivity index (χ0n) is 15.1. The van der Waals surface area contributed by atoms with Gasteiger partial charge in [-0.2, -0.15) is 0 Å². The van der Waals surface area contributed by atoms with Gasteiger partial charge >= 0.3 is 0 Å². The van der Waals surface area contributed by atoms with E-state index in [-0.39, 0.29) is 23.8 Å². The third kappa shape index (κ3) is 4.17. The Kier molecular flexibility index (Phi) is 6.04. The summed E-state index contributed by atoms with van der Waals surface area (Å²) in [7, 11) is 0. The Balaban J connectivity index is 1.85. The van der Waals surface area contributed by atoms with Crippen molar-refractivity contribution in [3.8, 4) is 0 Å². The maximum absolute atomic E-state index is 12.4. The van der Waals surface area contributed by atoms with Gasteiger partial charge in [0.15, 0.2) is 0 Å². The van der Waals surface area contributed by atoms with E-state index in [2.05, 4.69) is 5.32 Å². The predicted molar refractivity (Wildman–Crippen MR) is 92.7 cm³/mol. The van der Waals surface area contributed by atoms with Gasteiger partial charge in [0.25, 0.3) is 5.91 Å². The molecule has 0 saturated carbocycles. The number of hydrogen-bond acceptors (Lipinski definition) is 4. The van der Waals surface area contributed by atoms with Gasteiger partial charge in [-0.1, -0.05) is 20.3 Å². The van der Waals surface area contributed by atoms with Crippen LogP contribution in [0.5, 0.6) is 0 Å². The van der Waals surface area contributed by atoms with Crippen molar-refractivity contribution in [1.82, 2.24) is 10.2 Å². The standard InChI is InChI=1S/C18H29N3O3/c1-5-11(2)16(19)18(23)21-8-6-14(7-9-21)20-17(22)15-10-12(3)24-13(15)4/h10-11,14,16H,5-9,19H2,1-4H3,(H,20,22). The van der Waals surface area contributed by atoms with E-state index < -0.39 is 6.04 Å². The largest absolute Gasteiger partial charge is 0.466 e. The third-order valence-electron chi connectivity index (χ3n) is 4.97. The average molecular weight is 335 g/mol. The van der Waals surface area contributed by atoms with Gasteiger partial charge in [-0.3, -0.25) is 9.59 Å². The van der Waals surface area contributed by atoms with Gasteiger partial charge in [0.05, 0.1) is 11.6 Å². The molecule has 1 aromatic rings. The number of furan rings is 1. The lowest BCUT2D eigenvalue weighted by atomic mass is 9.97. The molecular weight excluding hydrogens is 306 g/mol. The lowest BCUT2D eigenvalue weighted by Crippen LogP contribution is -2.52. The molecule has 2 rings (SSSR count). The van der Waals surface area contributed by atoms with Crippen LogP contribution in [0.25, 0.3) is 0 Å². The molecule has 2 amide bonds. The first-order valence-corrected chi connectivity index (χ1v) is 8.75. The molecule has 0 aliphatic carbocycles. The van der Waals surface area contributed by atoms with Crippen LogP contribution in [0, 0.1) is 19.8 Å². The van der Waals surface area contributed by atoms with Crippen molar-refractivity contribution < 1.29 is 14.0 Å². The second-order valence-corrected chi connectivity index (χ2v) is 6.81. The molecule has 2 atom stereocenters. The monoisotopic (exact) mass is 335 g/mol. The fourth-order valence-corrected chi connectivity index (χ4v) is 3.07. The number of hydrogen-bond donors (Lipinski definition) is 2. The molecule has 6 nitrogen and oxygen atoms in total. The molecule has 0 spiro atoms. The zero-order chi connectivity index (χ0) is 17.9. The highest BCUT2D eigenvalue weighted by atomic mass is 16.3. The van der Waals surface area contributed by atoms with Crippen LogP contribution < -0.4 is 11.1 Å². The molecule has 1 aliphatic heterocycles. The van der Waals surface area contributed by atoms with Crippen LogP contribution in [0.4, 0.5) is 0 Å². The fourth-order valence-electron chi connectivity index (χ4n) is 3.07. The summed E-state index contributed by atoms with van der Waals surface area (Å²) < 4.78 is 5.41. The first kappa shape index (κ1) is 18.5. The van der Waals surface area contributed by atoms with Crippen LogP contribution in [0.2, 0.25) is 0 Å². The molecule has 1 aliphatic rings. The molecule has 0 radical (unpaired) electrons. The molecule has 1 aromatic heterocycles. The van der Waals surface area contributed by atoms with Gasteiger partial charge < -0.3 is 20.4 Å². The van der Waals surface area contributed by atoms with Gasteiger partial charge in [-0.15, -0.1) is 0 Å². The lowest BCUT2D eigenvalue weighted by Gasteiger charge is -2.34. The van der Waals surface area contributed by atoms with Crippen molar-refractivity contribution in [3.05, 3.63) is 23.2 Å². The van der Waals surface area contributed by atoms with Crippen LogP contribution in [0.3, 0.4) is 0 Å². The molecule has 0 bridgehead atoms. The van der Waals surface area contributed by atoms with E-state index in [1.807, 2.05) is 25.7 Å². The van der Waals surface area contributed by atoms with Crippen molar-refractivity contribution >= 4 is 11.8 Å². The number of aryl methyl sites for hydroxylation is 2. The number of nitrogens with zero attached hydrogens (tertiary/aromatic N) is 1. The van der Waals surface area contributed by atoms with E-state index in [4.69, 9.17) is 10.2 Å². The Hall–Kier alpha value is -1.82. The number of likely N-dealkylation sites (tertiary alicyclic amines) is 1. The second-order valence-electron chi connectivity index (χ2n) is 6.81. The lowest BCUT2D eigenvalue weighted by molar-refractivity contribution is -0.134. The van der Waals surface area contributed by atoms with Gasteiger partial charge in [-0.05, 0) is 38.7 Å². The molecule has 24 heavy (non-hydrogen) atoms. The van der Waals surface area contributed by atoms with E-state index in [0.29, 0.717) is 24.4 Å². The molecule has 134 valence electrons. The normalized spacial score (nSPS) is 18.3. The summed E-state index contributed by atoms with van der Waals surface area (Å²) in [4.78, 5) is 26.6. The Labute approximate surface area is 143 Å². The minimum atomic E-state index is -0.433. The van der Waals surface area contributed by atoms with Crippen LogP contribution in [0.1, 0.15) is 55.0 Å². The Morgan fingerprint density at radius 1 is 1.38 bits per heavy atom. The third-order valence-corrected chi connectivity index (χ3v) is 4.97. The summed E-state index contributed by atoms with van der Waals surface area (Å²) in [6.45, 7) is 8.94. The topological polar surface area (TPSA) is 88.6 Å². The fraction of sp³-hybridized carbons (Fsp3) is 0.667. The molecule has 0 aromatic carbocycles. The first-order chi connectivity index (χ1) is 11.3. The Bertz CT molecular complexity index is 588.